The molecule has 0 aliphatic carbocycles. The molecule has 3 aromatic rings. The van der Waals surface area contributed by atoms with Gasteiger partial charge in [0, 0.05) is 17.4 Å². The molecule has 0 spiro atoms. The molecule has 0 unspecified atom stereocenters. The summed E-state index contributed by atoms with van der Waals surface area (Å²) >= 11 is 0. The minimum atomic E-state index is 0. The number of hydrogen-bond acceptors (Lipinski definition) is 4. The molecule has 6 heteroatoms. The third kappa shape index (κ3) is 3.86. The molecular weight excluding hydrogens is 438 g/mol. The second-order valence-electron chi connectivity index (χ2n) is 9.04. The molecule has 4 heterocycles. The molecule has 0 fully saturated rings. The van der Waals surface area contributed by atoms with Gasteiger partial charge in [-0.3, -0.25) is 0 Å². The van der Waals surface area contributed by atoms with Crippen molar-refractivity contribution in [3.05, 3.63) is 41.6 Å². The van der Waals surface area contributed by atoms with E-state index in [0.717, 1.165) is 47.8 Å². The van der Waals surface area contributed by atoms with E-state index < -0.39 is 0 Å². The van der Waals surface area contributed by atoms with Gasteiger partial charge >= 0.3 is 0 Å². The molecule has 6 rings (SSSR count). The summed E-state index contributed by atoms with van der Waals surface area (Å²) in [6.07, 6.45) is 12.1. The lowest BCUT2D eigenvalue weighted by Crippen LogP contribution is -3.00. The fourth-order valence-electron chi connectivity index (χ4n) is 5.39. The Kier molecular flexibility index (Phi) is 6.24. The van der Waals surface area contributed by atoms with E-state index in [2.05, 4.69) is 42.0 Å². The summed E-state index contributed by atoms with van der Waals surface area (Å²) in [5.74, 6) is 3.47. The van der Waals surface area contributed by atoms with Crippen LogP contribution in [0.2, 0.25) is 0 Å². The van der Waals surface area contributed by atoms with Gasteiger partial charge in [0.1, 0.15) is 0 Å². The van der Waals surface area contributed by atoms with Crippen molar-refractivity contribution in [2.75, 3.05) is 13.6 Å². The maximum atomic E-state index is 5.89. The van der Waals surface area contributed by atoms with E-state index in [1.165, 1.54) is 66.3 Å². The first-order chi connectivity index (χ1) is 15.8. The molecule has 0 amide bonds. The summed E-state index contributed by atoms with van der Waals surface area (Å²) in [6.45, 7) is 3.83. The summed E-state index contributed by atoms with van der Waals surface area (Å²) < 4.78 is 25.4. The fourth-order valence-corrected chi connectivity index (χ4v) is 5.39. The van der Waals surface area contributed by atoms with Crippen molar-refractivity contribution in [2.45, 2.75) is 64.8 Å². The van der Waals surface area contributed by atoms with Gasteiger partial charge in [-0.25, -0.2) is 0 Å². The van der Waals surface area contributed by atoms with Crippen LogP contribution in [0.1, 0.15) is 56.6 Å². The molecule has 0 saturated heterocycles. The lowest BCUT2D eigenvalue weighted by Gasteiger charge is -2.20. The van der Waals surface area contributed by atoms with Gasteiger partial charge in [-0.2, -0.15) is 4.57 Å². The van der Waals surface area contributed by atoms with E-state index in [0.29, 0.717) is 13.6 Å². The third-order valence-corrected chi connectivity index (χ3v) is 7.02. The fraction of sp³-hybridized carbons (Fsp3) is 0.444. The maximum Gasteiger partial charge on any atom is 0.231 e. The molecule has 1 aromatic heterocycles. The molecule has 0 N–H and O–H groups in total. The summed E-state index contributed by atoms with van der Waals surface area (Å²) in [5, 5.41) is 2.44. The van der Waals surface area contributed by atoms with Crippen LogP contribution in [0.3, 0.4) is 0 Å². The Balaban J connectivity index is 0.00000228. The highest BCUT2D eigenvalue weighted by Crippen LogP contribution is 2.45. The van der Waals surface area contributed by atoms with Crippen LogP contribution >= 0.6 is 0 Å². The van der Waals surface area contributed by atoms with E-state index in [1.54, 1.807) is 0 Å². The number of ether oxygens (including phenoxy) is 4. The normalized spacial score (nSPS) is 14.7. The Morgan fingerprint density at radius 2 is 1.58 bits per heavy atom. The summed E-state index contributed by atoms with van der Waals surface area (Å²) in [6, 6.07) is 8.65. The smallest absolute Gasteiger partial charge is 0.231 e. The van der Waals surface area contributed by atoms with Crippen molar-refractivity contribution in [3.63, 3.8) is 0 Å². The summed E-state index contributed by atoms with van der Waals surface area (Å²) in [7, 11) is 0. The lowest BCUT2D eigenvalue weighted by atomic mass is 9.89. The van der Waals surface area contributed by atoms with E-state index in [4.69, 9.17) is 18.9 Å². The standard InChI is InChI=1S/C27H30NO4.ClH/c1-2-3-4-5-6-7-8-20-19-9-10-23-27(32-17-29-23)22(19)15-28-12-11-18-13-24-25(31-16-30-24)14-21(18)26(20)28;/h9-10,13-15H,2-8,11-12,16-17H2,1H3;1H/q+1;/p-1. The zero-order valence-corrected chi connectivity index (χ0v) is 19.9. The first-order valence-electron chi connectivity index (χ1n) is 12.0. The molecule has 0 bridgehead atoms. The van der Waals surface area contributed by atoms with Crippen LogP contribution in [-0.2, 0) is 19.4 Å². The van der Waals surface area contributed by atoms with Gasteiger partial charge < -0.3 is 31.4 Å². The Morgan fingerprint density at radius 1 is 0.818 bits per heavy atom. The van der Waals surface area contributed by atoms with Crippen molar-refractivity contribution in [3.8, 4) is 34.3 Å². The Morgan fingerprint density at radius 3 is 2.45 bits per heavy atom. The van der Waals surface area contributed by atoms with E-state index in [1.807, 2.05) is 0 Å². The monoisotopic (exact) mass is 467 g/mol. The zero-order chi connectivity index (χ0) is 21.5. The van der Waals surface area contributed by atoms with Crippen LogP contribution in [0.5, 0.6) is 23.0 Å². The number of pyridine rings is 1. The highest BCUT2D eigenvalue weighted by molar-refractivity contribution is 5.95. The Bertz CT molecular complexity index is 1190. The van der Waals surface area contributed by atoms with Gasteiger partial charge in [-0.15, -0.1) is 0 Å². The van der Waals surface area contributed by atoms with Crippen LogP contribution in [0.15, 0.2) is 30.5 Å². The third-order valence-electron chi connectivity index (χ3n) is 7.02. The number of aromatic nitrogens is 1. The second kappa shape index (κ2) is 9.30. The van der Waals surface area contributed by atoms with E-state index in [-0.39, 0.29) is 12.4 Å². The molecule has 0 radical (unpaired) electrons. The summed E-state index contributed by atoms with van der Waals surface area (Å²) in [5.41, 5.74) is 5.36. The molecule has 33 heavy (non-hydrogen) atoms. The van der Waals surface area contributed by atoms with Gasteiger partial charge in [-0.1, -0.05) is 39.0 Å². The molecule has 0 atom stereocenters. The minimum Gasteiger partial charge on any atom is -1.00 e. The van der Waals surface area contributed by atoms with Crippen LogP contribution in [-0.4, -0.2) is 13.6 Å². The number of hydrogen-bond donors (Lipinski definition) is 0. The Hall–Kier alpha value is -2.66. The van der Waals surface area contributed by atoms with Crippen LogP contribution in [0.25, 0.3) is 22.0 Å². The van der Waals surface area contributed by atoms with Crippen LogP contribution in [0, 0.1) is 0 Å². The minimum absolute atomic E-state index is 0. The van der Waals surface area contributed by atoms with E-state index in [9.17, 15) is 0 Å². The summed E-state index contributed by atoms with van der Waals surface area (Å²) in [4.78, 5) is 0. The molecule has 0 saturated carbocycles. The van der Waals surface area contributed by atoms with Gasteiger partial charge in [-0.05, 0) is 42.7 Å². The van der Waals surface area contributed by atoms with Gasteiger partial charge in [0.05, 0.1) is 10.9 Å². The molecule has 3 aliphatic heterocycles. The number of fused-ring (bicyclic) bond motifs is 7. The molecule has 3 aliphatic rings. The number of unbranched alkanes of at least 4 members (excludes halogenated alkanes) is 5. The van der Waals surface area contributed by atoms with Crippen molar-refractivity contribution < 1.29 is 35.9 Å². The average Bonchev–Trinajstić information content (AvgIpc) is 3.48. The van der Waals surface area contributed by atoms with Crippen molar-refractivity contribution in [1.82, 2.24) is 0 Å². The SMILES string of the molecule is CCCCCCCCc1c2[n+](cc3c4c(ccc13)OCO4)CCc1cc3c(cc1-2)OCO3.[Cl-]. The maximum absolute atomic E-state index is 5.89. The highest BCUT2D eigenvalue weighted by atomic mass is 35.5. The second-order valence-corrected chi connectivity index (χ2v) is 9.04. The van der Waals surface area contributed by atoms with Crippen molar-refractivity contribution in [1.29, 1.82) is 0 Å². The van der Waals surface area contributed by atoms with Crippen LogP contribution in [0.4, 0.5) is 0 Å². The number of rotatable bonds is 7. The van der Waals surface area contributed by atoms with Crippen LogP contribution < -0.4 is 35.9 Å². The Labute approximate surface area is 201 Å². The van der Waals surface area contributed by atoms with Crippen molar-refractivity contribution in [2.24, 2.45) is 0 Å². The van der Waals surface area contributed by atoms with Gasteiger partial charge in [0.25, 0.3) is 0 Å². The molecule has 2 aromatic carbocycles. The molecule has 5 nitrogen and oxygen atoms in total. The number of benzene rings is 2. The molecule has 174 valence electrons. The van der Waals surface area contributed by atoms with E-state index >= 15 is 0 Å². The highest BCUT2D eigenvalue weighted by Gasteiger charge is 2.32. The number of halogens is 1. The average molecular weight is 468 g/mol. The predicted octanol–water partition coefficient (Wildman–Crippen LogP) is 2.71. The van der Waals surface area contributed by atoms with Gasteiger partial charge in [0.15, 0.2) is 35.7 Å². The largest absolute Gasteiger partial charge is 1.00 e. The first-order valence-corrected chi connectivity index (χ1v) is 12.0. The lowest BCUT2D eigenvalue weighted by molar-refractivity contribution is -0.686. The topological polar surface area (TPSA) is 40.8 Å². The predicted molar refractivity (Wildman–Crippen MR) is 123 cm³/mol. The van der Waals surface area contributed by atoms with Gasteiger partial charge in [0.2, 0.25) is 19.3 Å². The van der Waals surface area contributed by atoms with Crippen molar-refractivity contribution >= 4 is 10.8 Å². The quantitative estimate of drug-likeness (QED) is 0.396. The molecular formula is C27H30ClNO4. The number of nitrogens with zero attached hydrogens (tertiary/aromatic N) is 1. The number of aryl methyl sites for hydroxylation is 3. The first kappa shape index (κ1) is 22.1. The zero-order valence-electron chi connectivity index (χ0n) is 19.1.